The summed E-state index contributed by atoms with van der Waals surface area (Å²) in [5.41, 5.74) is 0.876. The fourth-order valence-electron chi connectivity index (χ4n) is 2.28. The van der Waals surface area contributed by atoms with Crippen molar-refractivity contribution in [3.8, 4) is 0 Å². The summed E-state index contributed by atoms with van der Waals surface area (Å²) in [6.45, 7) is 7.07. The van der Waals surface area contributed by atoms with E-state index in [9.17, 15) is 8.42 Å². The van der Waals surface area contributed by atoms with E-state index < -0.39 is 9.84 Å². The second-order valence-electron chi connectivity index (χ2n) is 4.88. The molecule has 0 saturated carbocycles. The van der Waals surface area contributed by atoms with E-state index in [1.165, 1.54) is 0 Å². The first-order valence-corrected chi connectivity index (χ1v) is 8.30. The first-order valence-electron chi connectivity index (χ1n) is 6.48. The van der Waals surface area contributed by atoms with Crippen LogP contribution in [-0.4, -0.2) is 49.0 Å². The molecule has 1 atom stereocenters. The summed E-state index contributed by atoms with van der Waals surface area (Å²) in [4.78, 5) is 10.8. The zero-order valence-electron chi connectivity index (χ0n) is 11.5. The molecule has 1 aliphatic heterocycles. The average Bonchev–Trinajstić information content (AvgIpc) is 2.27. The monoisotopic (exact) mass is 284 g/mol. The quantitative estimate of drug-likeness (QED) is 0.886. The van der Waals surface area contributed by atoms with E-state index >= 15 is 0 Å². The second kappa shape index (κ2) is 5.32. The summed E-state index contributed by atoms with van der Waals surface area (Å²) < 4.78 is 23.2. The van der Waals surface area contributed by atoms with Gasteiger partial charge in [0.15, 0.2) is 9.84 Å². The van der Waals surface area contributed by atoms with E-state index in [4.69, 9.17) is 0 Å². The van der Waals surface area contributed by atoms with Crippen LogP contribution in [0.25, 0.3) is 0 Å². The Hall–Kier alpha value is -1.37. The van der Waals surface area contributed by atoms with Crippen LogP contribution in [0.5, 0.6) is 0 Å². The van der Waals surface area contributed by atoms with Gasteiger partial charge in [0.05, 0.1) is 11.5 Å². The van der Waals surface area contributed by atoms with Crippen LogP contribution in [0.2, 0.25) is 0 Å². The lowest BCUT2D eigenvalue weighted by Gasteiger charge is -2.34. The lowest BCUT2D eigenvalue weighted by Crippen LogP contribution is -2.47. The van der Waals surface area contributed by atoms with Gasteiger partial charge in [0.25, 0.3) is 0 Å². The molecule has 1 aliphatic rings. The molecule has 0 aliphatic carbocycles. The zero-order valence-corrected chi connectivity index (χ0v) is 12.4. The van der Waals surface area contributed by atoms with E-state index in [1.807, 2.05) is 31.7 Å². The highest BCUT2D eigenvalue weighted by atomic mass is 32.2. The molecule has 2 heterocycles. The van der Waals surface area contributed by atoms with Gasteiger partial charge in [0.2, 0.25) is 5.95 Å². The summed E-state index contributed by atoms with van der Waals surface area (Å²) >= 11 is 0. The highest BCUT2D eigenvalue weighted by molar-refractivity contribution is 7.91. The molecule has 1 unspecified atom stereocenters. The predicted molar refractivity (Wildman–Crippen MR) is 76.4 cm³/mol. The minimum Gasteiger partial charge on any atom is -0.354 e. The number of hydrogen-bond donors (Lipinski definition) is 1. The summed E-state index contributed by atoms with van der Waals surface area (Å²) in [6.07, 6.45) is 0. The average molecular weight is 284 g/mol. The van der Waals surface area contributed by atoms with Crippen molar-refractivity contribution in [2.75, 3.05) is 34.8 Å². The molecule has 6 nitrogen and oxygen atoms in total. The lowest BCUT2D eigenvalue weighted by atomic mass is 10.3. The van der Waals surface area contributed by atoms with Crippen LogP contribution in [0.4, 0.5) is 11.8 Å². The maximum absolute atomic E-state index is 11.6. The summed E-state index contributed by atoms with van der Waals surface area (Å²) in [6, 6.07) is 1.84. The van der Waals surface area contributed by atoms with Gasteiger partial charge in [0.1, 0.15) is 5.82 Å². The molecule has 1 aromatic heterocycles. The van der Waals surface area contributed by atoms with E-state index in [0.29, 0.717) is 12.5 Å². The maximum Gasteiger partial charge on any atom is 0.224 e. The number of nitrogens with zero attached hydrogens (tertiary/aromatic N) is 3. The standard InChI is InChI=1S/C12H20N4O2S/c1-4-13-12-14-9(2)7-11(15-12)16-5-6-19(17,18)8-10(16)3/h7,10H,4-6,8H2,1-3H3,(H,13,14,15). The van der Waals surface area contributed by atoms with Crippen molar-refractivity contribution in [3.63, 3.8) is 0 Å². The van der Waals surface area contributed by atoms with Crippen molar-refractivity contribution in [2.24, 2.45) is 0 Å². The Bertz CT molecular complexity index is 559. The maximum atomic E-state index is 11.6. The molecule has 0 spiro atoms. The van der Waals surface area contributed by atoms with Crippen molar-refractivity contribution >= 4 is 21.6 Å². The van der Waals surface area contributed by atoms with Crippen molar-refractivity contribution in [1.29, 1.82) is 0 Å². The van der Waals surface area contributed by atoms with Gasteiger partial charge in [-0.3, -0.25) is 0 Å². The van der Waals surface area contributed by atoms with Crippen LogP contribution in [-0.2, 0) is 9.84 Å². The first-order chi connectivity index (χ1) is 8.91. The number of sulfone groups is 1. The Morgan fingerprint density at radius 2 is 2.21 bits per heavy atom. The number of rotatable bonds is 3. The fraction of sp³-hybridized carbons (Fsp3) is 0.667. The SMILES string of the molecule is CCNc1nc(C)cc(N2CCS(=O)(=O)CC2C)n1. The van der Waals surface area contributed by atoms with Crippen molar-refractivity contribution < 1.29 is 8.42 Å². The van der Waals surface area contributed by atoms with E-state index in [-0.39, 0.29) is 17.5 Å². The largest absolute Gasteiger partial charge is 0.354 e. The van der Waals surface area contributed by atoms with Gasteiger partial charge in [-0.15, -0.1) is 0 Å². The Morgan fingerprint density at radius 1 is 1.47 bits per heavy atom. The van der Waals surface area contributed by atoms with Crippen LogP contribution >= 0.6 is 0 Å². The molecule has 0 amide bonds. The van der Waals surface area contributed by atoms with E-state index in [0.717, 1.165) is 18.1 Å². The summed E-state index contributed by atoms with van der Waals surface area (Å²) in [5, 5.41) is 3.09. The zero-order chi connectivity index (χ0) is 14.0. The number of hydrogen-bond acceptors (Lipinski definition) is 6. The first kappa shape index (κ1) is 14.0. The highest BCUT2D eigenvalue weighted by Gasteiger charge is 2.29. The van der Waals surface area contributed by atoms with Crippen molar-refractivity contribution in [1.82, 2.24) is 9.97 Å². The summed E-state index contributed by atoms with van der Waals surface area (Å²) in [5.74, 6) is 1.77. The molecule has 1 aromatic rings. The minimum absolute atomic E-state index is 0.0532. The van der Waals surface area contributed by atoms with Crippen molar-refractivity contribution in [3.05, 3.63) is 11.8 Å². The Kier molecular flexibility index (Phi) is 3.93. The van der Waals surface area contributed by atoms with Crippen LogP contribution in [0.15, 0.2) is 6.07 Å². The Labute approximate surface area is 114 Å². The number of aryl methyl sites for hydroxylation is 1. The molecule has 19 heavy (non-hydrogen) atoms. The third kappa shape index (κ3) is 3.34. The number of anilines is 2. The van der Waals surface area contributed by atoms with Gasteiger partial charge in [-0.1, -0.05) is 0 Å². The van der Waals surface area contributed by atoms with Crippen LogP contribution in [0.1, 0.15) is 19.5 Å². The minimum atomic E-state index is -2.90. The van der Waals surface area contributed by atoms with E-state index in [2.05, 4.69) is 15.3 Å². The lowest BCUT2D eigenvalue weighted by molar-refractivity contribution is 0.566. The Morgan fingerprint density at radius 3 is 2.84 bits per heavy atom. The molecular weight excluding hydrogens is 264 g/mol. The van der Waals surface area contributed by atoms with E-state index in [1.54, 1.807) is 0 Å². The fourth-order valence-corrected chi connectivity index (χ4v) is 3.83. The van der Waals surface area contributed by atoms with Gasteiger partial charge in [0, 0.05) is 30.9 Å². The molecule has 1 fully saturated rings. The third-order valence-corrected chi connectivity index (χ3v) is 4.94. The predicted octanol–water partition coefficient (Wildman–Crippen LogP) is 0.840. The summed E-state index contributed by atoms with van der Waals surface area (Å²) in [7, 11) is -2.90. The molecule has 2 rings (SSSR count). The third-order valence-electron chi connectivity index (χ3n) is 3.14. The molecule has 106 valence electrons. The molecule has 0 aromatic carbocycles. The molecule has 0 radical (unpaired) electrons. The van der Waals surface area contributed by atoms with Gasteiger partial charge in [-0.2, -0.15) is 4.98 Å². The van der Waals surface area contributed by atoms with Crippen LogP contribution < -0.4 is 10.2 Å². The molecule has 7 heteroatoms. The van der Waals surface area contributed by atoms with Gasteiger partial charge >= 0.3 is 0 Å². The molecular formula is C12H20N4O2S. The number of aromatic nitrogens is 2. The topological polar surface area (TPSA) is 75.2 Å². The number of nitrogens with one attached hydrogen (secondary N) is 1. The second-order valence-corrected chi connectivity index (χ2v) is 7.11. The normalized spacial score (nSPS) is 22.3. The van der Waals surface area contributed by atoms with Gasteiger partial charge in [-0.25, -0.2) is 13.4 Å². The van der Waals surface area contributed by atoms with Crippen molar-refractivity contribution in [2.45, 2.75) is 26.8 Å². The van der Waals surface area contributed by atoms with Crippen LogP contribution in [0.3, 0.4) is 0 Å². The van der Waals surface area contributed by atoms with Gasteiger partial charge in [-0.05, 0) is 20.8 Å². The van der Waals surface area contributed by atoms with Crippen LogP contribution in [0, 0.1) is 6.92 Å². The molecule has 0 bridgehead atoms. The Balaban J connectivity index is 2.26. The van der Waals surface area contributed by atoms with Gasteiger partial charge < -0.3 is 10.2 Å². The smallest absolute Gasteiger partial charge is 0.224 e. The molecule has 1 saturated heterocycles. The highest BCUT2D eigenvalue weighted by Crippen LogP contribution is 2.21. The molecule has 1 N–H and O–H groups in total.